The molecule has 6 heteroatoms. The summed E-state index contributed by atoms with van der Waals surface area (Å²) in [7, 11) is 3.36. The SMILES string of the molecule is CCCN(CC(=O)N(C)C)C(=O)C1CC(=O)N(c2ccc(CC)cc2)C1. The molecule has 6 nitrogen and oxygen atoms in total. The van der Waals surface area contributed by atoms with E-state index in [2.05, 4.69) is 6.92 Å². The Hall–Kier alpha value is -2.37. The number of amides is 3. The minimum Gasteiger partial charge on any atom is -0.347 e. The number of hydrogen-bond donors (Lipinski definition) is 0. The Morgan fingerprint density at radius 2 is 1.81 bits per heavy atom. The lowest BCUT2D eigenvalue weighted by Gasteiger charge is -2.26. The lowest BCUT2D eigenvalue weighted by Crippen LogP contribution is -2.44. The van der Waals surface area contributed by atoms with E-state index in [9.17, 15) is 14.4 Å². The van der Waals surface area contributed by atoms with Gasteiger partial charge in [0, 0.05) is 39.3 Å². The van der Waals surface area contributed by atoms with E-state index >= 15 is 0 Å². The van der Waals surface area contributed by atoms with Crippen LogP contribution in [0.1, 0.15) is 32.3 Å². The minimum atomic E-state index is -0.394. The molecule has 3 amide bonds. The van der Waals surface area contributed by atoms with Gasteiger partial charge in [0.1, 0.15) is 0 Å². The molecule has 1 heterocycles. The van der Waals surface area contributed by atoms with Crippen LogP contribution < -0.4 is 4.90 Å². The molecule has 0 bridgehead atoms. The second-order valence-electron chi connectivity index (χ2n) is 6.97. The van der Waals surface area contributed by atoms with Crippen LogP contribution in [0.3, 0.4) is 0 Å². The molecular formula is C20H29N3O3. The van der Waals surface area contributed by atoms with Crippen molar-refractivity contribution in [2.75, 3.05) is 38.6 Å². The van der Waals surface area contributed by atoms with E-state index in [1.54, 1.807) is 23.9 Å². The summed E-state index contributed by atoms with van der Waals surface area (Å²) in [4.78, 5) is 42.1. The van der Waals surface area contributed by atoms with E-state index in [0.717, 1.165) is 18.5 Å². The van der Waals surface area contributed by atoms with Crippen LogP contribution >= 0.6 is 0 Å². The van der Waals surface area contributed by atoms with E-state index in [0.29, 0.717) is 13.1 Å². The lowest BCUT2D eigenvalue weighted by molar-refractivity contribution is -0.141. The first kappa shape index (κ1) is 19.9. The zero-order valence-corrected chi connectivity index (χ0v) is 16.2. The molecule has 0 aromatic heterocycles. The summed E-state index contributed by atoms with van der Waals surface area (Å²) in [6, 6.07) is 7.89. The third-order valence-electron chi connectivity index (χ3n) is 4.76. The van der Waals surface area contributed by atoms with Crippen molar-refractivity contribution in [3.05, 3.63) is 29.8 Å². The van der Waals surface area contributed by atoms with E-state index in [1.807, 2.05) is 31.2 Å². The summed E-state index contributed by atoms with van der Waals surface area (Å²) in [5, 5.41) is 0. The molecule has 0 aliphatic carbocycles. The highest BCUT2D eigenvalue weighted by molar-refractivity contribution is 6.00. The summed E-state index contributed by atoms with van der Waals surface area (Å²) < 4.78 is 0. The van der Waals surface area contributed by atoms with Crippen molar-refractivity contribution in [3.8, 4) is 0 Å². The molecule has 0 spiro atoms. The molecule has 1 saturated heterocycles. The highest BCUT2D eigenvalue weighted by atomic mass is 16.2. The van der Waals surface area contributed by atoms with Crippen LogP contribution in [0, 0.1) is 5.92 Å². The molecular weight excluding hydrogens is 330 g/mol. The lowest BCUT2D eigenvalue weighted by atomic mass is 10.1. The molecule has 142 valence electrons. The van der Waals surface area contributed by atoms with Gasteiger partial charge in [-0.15, -0.1) is 0 Å². The summed E-state index contributed by atoms with van der Waals surface area (Å²) in [5.74, 6) is -0.649. The van der Waals surface area contributed by atoms with Crippen LogP contribution in [-0.4, -0.2) is 61.3 Å². The Kier molecular flexibility index (Phi) is 6.77. The largest absolute Gasteiger partial charge is 0.347 e. The number of nitrogens with zero attached hydrogens (tertiary/aromatic N) is 3. The van der Waals surface area contributed by atoms with Gasteiger partial charge < -0.3 is 14.7 Å². The molecule has 1 fully saturated rings. The topological polar surface area (TPSA) is 60.9 Å². The number of carbonyl (C=O) groups is 3. The Labute approximate surface area is 155 Å². The molecule has 26 heavy (non-hydrogen) atoms. The zero-order valence-electron chi connectivity index (χ0n) is 16.2. The second-order valence-corrected chi connectivity index (χ2v) is 6.97. The van der Waals surface area contributed by atoms with Gasteiger partial charge in [-0.25, -0.2) is 0 Å². The predicted octanol–water partition coefficient (Wildman–Crippen LogP) is 1.93. The van der Waals surface area contributed by atoms with Crippen molar-refractivity contribution >= 4 is 23.4 Å². The van der Waals surface area contributed by atoms with Gasteiger partial charge >= 0.3 is 0 Å². The Bertz CT molecular complexity index is 655. The maximum atomic E-state index is 12.9. The van der Waals surface area contributed by atoms with Gasteiger partial charge in [-0.3, -0.25) is 14.4 Å². The molecule has 0 saturated carbocycles. The first-order chi connectivity index (χ1) is 12.4. The number of anilines is 1. The fraction of sp³-hybridized carbons (Fsp3) is 0.550. The van der Waals surface area contributed by atoms with Gasteiger partial charge in [-0.1, -0.05) is 26.0 Å². The first-order valence-electron chi connectivity index (χ1n) is 9.25. The molecule has 1 unspecified atom stereocenters. The van der Waals surface area contributed by atoms with Crippen molar-refractivity contribution in [2.45, 2.75) is 33.1 Å². The van der Waals surface area contributed by atoms with Crippen LogP contribution in [0.5, 0.6) is 0 Å². The minimum absolute atomic E-state index is 0.0389. The zero-order chi connectivity index (χ0) is 19.3. The van der Waals surface area contributed by atoms with E-state index in [-0.39, 0.29) is 30.7 Å². The molecule has 1 aliphatic rings. The van der Waals surface area contributed by atoms with Gasteiger partial charge in [0.05, 0.1) is 12.5 Å². The van der Waals surface area contributed by atoms with Crippen LogP contribution in [0.4, 0.5) is 5.69 Å². The number of carbonyl (C=O) groups excluding carboxylic acids is 3. The van der Waals surface area contributed by atoms with Crippen LogP contribution in [0.2, 0.25) is 0 Å². The normalized spacial score (nSPS) is 16.7. The second kappa shape index (κ2) is 8.83. The van der Waals surface area contributed by atoms with Crippen molar-refractivity contribution in [1.29, 1.82) is 0 Å². The van der Waals surface area contributed by atoms with Gasteiger partial charge in [0.25, 0.3) is 0 Å². The number of aryl methyl sites for hydroxylation is 1. The summed E-state index contributed by atoms with van der Waals surface area (Å²) >= 11 is 0. The van der Waals surface area contributed by atoms with E-state index in [1.165, 1.54) is 10.5 Å². The highest BCUT2D eigenvalue weighted by Crippen LogP contribution is 2.27. The fourth-order valence-electron chi connectivity index (χ4n) is 3.13. The Morgan fingerprint density at radius 1 is 1.15 bits per heavy atom. The summed E-state index contributed by atoms with van der Waals surface area (Å²) in [5.41, 5.74) is 2.04. The smallest absolute Gasteiger partial charge is 0.241 e. The molecule has 1 aliphatic heterocycles. The van der Waals surface area contributed by atoms with Gasteiger partial charge in [-0.2, -0.15) is 0 Å². The highest BCUT2D eigenvalue weighted by Gasteiger charge is 2.37. The van der Waals surface area contributed by atoms with Gasteiger partial charge in [-0.05, 0) is 30.5 Å². The molecule has 0 N–H and O–H groups in total. The number of rotatable bonds is 7. The van der Waals surface area contributed by atoms with E-state index < -0.39 is 5.92 Å². The molecule has 1 aromatic carbocycles. The van der Waals surface area contributed by atoms with Crippen molar-refractivity contribution in [2.24, 2.45) is 5.92 Å². The van der Waals surface area contributed by atoms with Crippen molar-refractivity contribution in [1.82, 2.24) is 9.80 Å². The monoisotopic (exact) mass is 359 g/mol. The Morgan fingerprint density at radius 3 is 2.35 bits per heavy atom. The Balaban J connectivity index is 2.08. The van der Waals surface area contributed by atoms with Crippen LogP contribution in [0.25, 0.3) is 0 Å². The third kappa shape index (κ3) is 4.62. The third-order valence-corrected chi connectivity index (χ3v) is 4.76. The summed E-state index contributed by atoms with van der Waals surface area (Å²) in [6.45, 7) is 5.02. The molecule has 0 radical (unpaired) electrons. The van der Waals surface area contributed by atoms with Gasteiger partial charge in [0.15, 0.2) is 0 Å². The number of likely N-dealkylation sites (N-methyl/N-ethyl adjacent to an activating group) is 1. The molecule has 1 aromatic rings. The number of benzene rings is 1. The predicted molar refractivity (Wildman–Crippen MR) is 102 cm³/mol. The quantitative estimate of drug-likeness (QED) is 0.747. The first-order valence-corrected chi connectivity index (χ1v) is 9.25. The van der Waals surface area contributed by atoms with Crippen molar-refractivity contribution < 1.29 is 14.4 Å². The number of hydrogen-bond acceptors (Lipinski definition) is 3. The average Bonchev–Trinajstić information content (AvgIpc) is 3.02. The van der Waals surface area contributed by atoms with Crippen molar-refractivity contribution in [3.63, 3.8) is 0 Å². The summed E-state index contributed by atoms with van der Waals surface area (Å²) in [6.07, 6.45) is 1.92. The molecule has 2 rings (SSSR count). The molecule has 1 atom stereocenters. The fourth-order valence-corrected chi connectivity index (χ4v) is 3.13. The average molecular weight is 359 g/mol. The standard InChI is InChI=1S/C20H29N3O3/c1-5-11-22(14-19(25)21(3)4)20(26)16-12-18(24)23(13-16)17-9-7-15(6-2)8-10-17/h7-10,16H,5-6,11-14H2,1-4H3. The van der Waals surface area contributed by atoms with Crippen LogP contribution in [0.15, 0.2) is 24.3 Å². The van der Waals surface area contributed by atoms with Gasteiger partial charge in [0.2, 0.25) is 17.7 Å². The maximum Gasteiger partial charge on any atom is 0.241 e. The van der Waals surface area contributed by atoms with Crippen LogP contribution in [-0.2, 0) is 20.8 Å². The van der Waals surface area contributed by atoms with E-state index in [4.69, 9.17) is 0 Å². The maximum absolute atomic E-state index is 12.9.